The molecule has 140 valence electrons. The highest BCUT2D eigenvalue weighted by Crippen LogP contribution is 2.14. The molecule has 0 aromatic carbocycles. The van der Waals surface area contributed by atoms with Crippen LogP contribution in [0.2, 0.25) is 0 Å². The largest absolute Gasteiger partial charge is 0.442 e. The van der Waals surface area contributed by atoms with Crippen LogP contribution in [-0.4, -0.2) is 70.1 Å². The van der Waals surface area contributed by atoms with Crippen LogP contribution in [0.5, 0.6) is 0 Å². The Kier molecular flexibility index (Phi) is 13.4. The molecule has 0 spiro atoms. The van der Waals surface area contributed by atoms with Gasteiger partial charge in [-0.05, 0) is 31.8 Å². The second kappa shape index (κ2) is 15.4. The molecule has 0 aromatic rings. The van der Waals surface area contributed by atoms with Gasteiger partial charge in [0.1, 0.15) is 6.10 Å². The van der Waals surface area contributed by atoms with Gasteiger partial charge in [0.25, 0.3) is 0 Å². The predicted molar refractivity (Wildman–Crippen MR) is 90.0 cm³/mol. The van der Waals surface area contributed by atoms with Gasteiger partial charge in [-0.3, -0.25) is 0 Å². The number of ether oxygens (including phenoxy) is 4. The van der Waals surface area contributed by atoms with Crippen LogP contribution in [0.3, 0.4) is 0 Å². The molecule has 0 saturated heterocycles. The summed E-state index contributed by atoms with van der Waals surface area (Å²) in [5, 5.41) is 11.2. The normalized spacial score (nSPS) is 19.3. The maximum absolute atomic E-state index is 11.7. The number of aliphatic hydroxyl groups excluding tert-OH is 1. The molecule has 0 radical (unpaired) electrons. The maximum Gasteiger partial charge on any atom is 0.407 e. The third-order valence-corrected chi connectivity index (χ3v) is 3.46. The minimum absolute atomic E-state index is 0.0234. The minimum Gasteiger partial charge on any atom is -0.442 e. The van der Waals surface area contributed by atoms with Gasteiger partial charge in [-0.1, -0.05) is 12.5 Å². The third-order valence-electron chi connectivity index (χ3n) is 3.46. The van der Waals surface area contributed by atoms with Crippen LogP contribution in [0, 0.1) is 0 Å². The molecule has 1 aliphatic rings. The summed E-state index contributed by atoms with van der Waals surface area (Å²) >= 11 is 0. The van der Waals surface area contributed by atoms with E-state index in [1.165, 1.54) is 12.8 Å². The number of hydrogen-bond donors (Lipinski definition) is 2. The lowest BCUT2D eigenvalue weighted by molar-refractivity contribution is 0.00806. The van der Waals surface area contributed by atoms with Gasteiger partial charge in [0, 0.05) is 6.54 Å². The van der Waals surface area contributed by atoms with E-state index in [1.807, 2.05) is 6.08 Å². The fourth-order valence-electron chi connectivity index (χ4n) is 2.24. The van der Waals surface area contributed by atoms with Crippen LogP contribution in [0.4, 0.5) is 4.79 Å². The second-order valence-electron chi connectivity index (χ2n) is 5.50. The zero-order chi connectivity index (χ0) is 17.3. The maximum atomic E-state index is 11.7. The SMILES string of the molecule is O=C(NCCOCCOCCOCCO)OC1/C=C/CCCCC1. The van der Waals surface area contributed by atoms with Gasteiger partial charge in [-0.15, -0.1) is 0 Å². The summed E-state index contributed by atoms with van der Waals surface area (Å²) in [5.41, 5.74) is 0. The first-order chi connectivity index (χ1) is 11.8. The highest BCUT2D eigenvalue weighted by Gasteiger charge is 2.11. The topological polar surface area (TPSA) is 86.3 Å². The van der Waals surface area contributed by atoms with Crippen molar-refractivity contribution in [3.8, 4) is 0 Å². The van der Waals surface area contributed by atoms with E-state index in [-0.39, 0.29) is 12.7 Å². The number of allylic oxidation sites excluding steroid dienone is 1. The molecule has 1 aliphatic carbocycles. The van der Waals surface area contributed by atoms with E-state index in [4.69, 9.17) is 24.1 Å². The van der Waals surface area contributed by atoms with Gasteiger partial charge in [0.2, 0.25) is 0 Å². The molecule has 1 unspecified atom stereocenters. The number of carbonyl (C=O) groups excluding carboxylic acids is 1. The molecule has 2 N–H and O–H groups in total. The Bertz CT molecular complexity index is 337. The predicted octanol–water partition coefficient (Wildman–Crippen LogP) is 1.64. The Morgan fingerprint density at radius 2 is 1.71 bits per heavy atom. The van der Waals surface area contributed by atoms with Crippen molar-refractivity contribution in [1.82, 2.24) is 5.32 Å². The fourth-order valence-corrected chi connectivity index (χ4v) is 2.24. The van der Waals surface area contributed by atoms with Crippen molar-refractivity contribution in [2.45, 2.75) is 38.2 Å². The molecule has 1 amide bonds. The van der Waals surface area contributed by atoms with Gasteiger partial charge in [-0.2, -0.15) is 0 Å². The van der Waals surface area contributed by atoms with E-state index in [9.17, 15) is 4.79 Å². The minimum atomic E-state index is -0.397. The second-order valence-corrected chi connectivity index (χ2v) is 5.50. The summed E-state index contributed by atoms with van der Waals surface area (Å²) in [4.78, 5) is 11.7. The van der Waals surface area contributed by atoms with Gasteiger partial charge in [-0.25, -0.2) is 4.79 Å². The Balaban J connectivity index is 1.89. The van der Waals surface area contributed by atoms with Crippen LogP contribution in [-0.2, 0) is 18.9 Å². The van der Waals surface area contributed by atoms with Gasteiger partial charge in [0.05, 0.1) is 46.2 Å². The number of nitrogens with one attached hydrogen (secondary N) is 1. The molecule has 0 heterocycles. The van der Waals surface area contributed by atoms with E-state index in [2.05, 4.69) is 11.4 Å². The number of aliphatic hydroxyl groups is 1. The number of alkyl carbamates (subject to hydrolysis) is 1. The molecule has 7 nitrogen and oxygen atoms in total. The summed E-state index contributed by atoms with van der Waals surface area (Å²) in [7, 11) is 0. The molecule has 7 heteroatoms. The van der Waals surface area contributed by atoms with Gasteiger partial charge >= 0.3 is 6.09 Å². The highest BCUT2D eigenvalue weighted by molar-refractivity contribution is 5.67. The van der Waals surface area contributed by atoms with Crippen molar-refractivity contribution in [3.63, 3.8) is 0 Å². The number of amides is 1. The van der Waals surface area contributed by atoms with Gasteiger partial charge < -0.3 is 29.4 Å². The van der Waals surface area contributed by atoms with Crippen molar-refractivity contribution in [3.05, 3.63) is 12.2 Å². The lowest BCUT2D eigenvalue weighted by Gasteiger charge is -2.16. The highest BCUT2D eigenvalue weighted by atomic mass is 16.6. The average molecular weight is 345 g/mol. The van der Waals surface area contributed by atoms with E-state index in [0.29, 0.717) is 46.2 Å². The van der Waals surface area contributed by atoms with Crippen molar-refractivity contribution in [2.75, 3.05) is 52.8 Å². The summed E-state index contributed by atoms with van der Waals surface area (Å²) in [5.74, 6) is 0. The van der Waals surface area contributed by atoms with Crippen molar-refractivity contribution >= 4 is 6.09 Å². The van der Waals surface area contributed by atoms with Crippen LogP contribution in [0.15, 0.2) is 12.2 Å². The quantitative estimate of drug-likeness (QED) is 0.413. The molecule has 1 rings (SSSR count). The number of rotatable bonds is 12. The van der Waals surface area contributed by atoms with Crippen molar-refractivity contribution in [1.29, 1.82) is 0 Å². The molecule has 1 atom stereocenters. The number of hydrogen-bond acceptors (Lipinski definition) is 6. The Morgan fingerprint density at radius 1 is 1.00 bits per heavy atom. The average Bonchev–Trinajstić information content (AvgIpc) is 2.55. The van der Waals surface area contributed by atoms with E-state index in [0.717, 1.165) is 19.3 Å². The standard InChI is InChI=1S/C17H31NO6/c19-9-11-22-13-15-23-14-12-21-10-8-18-17(20)24-16-6-4-2-1-3-5-7-16/h4,6,16,19H,1-3,5,7-15H2,(H,18,20)/b6-4+. The van der Waals surface area contributed by atoms with Crippen molar-refractivity contribution < 1.29 is 28.8 Å². The third kappa shape index (κ3) is 12.3. The number of carbonyl (C=O) groups is 1. The fraction of sp³-hybridized carbons (Fsp3) is 0.824. The first kappa shape index (κ1) is 20.9. The molecule has 0 saturated carbocycles. The molecule has 24 heavy (non-hydrogen) atoms. The first-order valence-corrected chi connectivity index (χ1v) is 8.78. The van der Waals surface area contributed by atoms with E-state index >= 15 is 0 Å². The zero-order valence-electron chi connectivity index (χ0n) is 14.4. The summed E-state index contributed by atoms with van der Waals surface area (Å²) in [6, 6.07) is 0. The van der Waals surface area contributed by atoms with Gasteiger partial charge in [0.15, 0.2) is 0 Å². The van der Waals surface area contributed by atoms with Crippen molar-refractivity contribution in [2.24, 2.45) is 0 Å². The van der Waals surface area contributed by atoms with Crippen LogP contribution in [0.25, 0.3) is 0 Å². The van der Waals surface area contributed by atoms with Crippen LogP contribution in [0.1, 0.15) is 32.1 Å². The molecule has 0 aliphatic heterocycles. The van der Waals surface area contributed by atoms with Crippen LogP contribution < -0.4 is 5.32 Å². The Labute approximate surface area is 144 Å². The Hall–Kier alpha value is -1.15. The molecule has 0 fully saturated rings. The van der Waals surface area contributed by atoms with E-state index in [1.54, 1.807) is 0 Å². The first-order valence-electron chi connectivity index (χ1n) is 8.78. The molecule has 0 bridgehead atoms. The monoisotopic (exact) mass is 345 g/mol. The van der Waals surface area contributed by atoms with E-state index < -0.39 is 6.09 Å². The molecular weight excluding hydrogens is 314 g/mol. The molecular formula is C17H31NO6. The molecule has 0 aromatic heterocycles. The summed E-state index contributed by atoms with van der Waals surface area (Å²) < 4.78 is 21.0. The lowest BCUT2D eigenvalue weighted by atomic mass is 10.0. The zero-order valence-corrected chi connectivity index (χ0v) is 14.4. The summed E-state index contributed by atoms with van der Waals surface area (Å²) in [6.07, 6.45) is 9.01. The smallest absolute Gasteiger partial charge is 0.407 e. The summed E-state index contributed by atoms with van der Waals surface area (Å²) in [6.45, 7) is 3.05. The lowest BCUT2D eigenvalue weighted by Crippen LogP contribution is -2.31. The Morgan fingerprint density at radius 3 is 2.46 bits per heavy atom. The van der Waals surface area contributed by atoms with Crippen LogP contribution >= 0.6 is 0 Å².